The lowest BCUT2D eigenvalue weighted by Gasteiger charge is -2.17. The summed E-state index contributed by atoms with van der Waals surface area (Å²) < 4.78 is 23.3. The lowest BCUT2D eigenvalue weighted by molar-refractivity contribution is 0.0670. The number of halogens is 1. The molecular weight excluding hydrogens is 233 g/mol. The van der Waals surface area contributed by atoms with E-state index in [0.29, 0.717) is 25.7 Å². The van der Waals surface area contributed by atoms with E-state index in [1.54, 1.807) is 7.11 Å². The summed E-state index contributed by atoms with van der Waals surface area (Å²) in [4.78, 5) is 0. The minimum Gasteiger partial charge on any atom is -0.382 e. The maximum absolute atomic E-state index is 12.9. The molecule has 0 heterocycles. The van der Waals surface area contributed by atoms with Gasteiger partial charge in [0.05, 0.1) is 13.2 Å². The average molecular weight is 255 g/mol. The first-order chi connectivity index (χ1) is 8.77. The quantitative estimate of drug-likeness (QED) is 0.686. The van der Waals surface area contributed by atoms with Gasteiger partial charge < -0.3 is 14.8 Å². The molecule has 0 aliphatic carbocycles. The van der Waals surface area contributed by atoms with Crippen LogP contribution in [0.3, 0.4) is 0 Å². The van der Waals surface area contributed by atoms with E-state index >= 15 is 0 Å². The molecule has 0 radical (unpaired) electrons. The van der Waals surface area contributed by atoms with Crippen molar-refractivity contribution < 1.29 is 13.9 Å². The van der Waals surface area contributed by atoms with Crippen molar-refractivity contribution in [2.45, 2.75) is 12.3 Å². The highest BCUT2D eigenvalue weighted by Gasteiger charge is 2.10. The van der Waals surface area contributed by atoms with Crippen LogP contribution in [0.5, 0.6) is 0 Å². The predicted octanol–water partition coefficient (Wildman–Crippen LogP) is 2.18. The lowest BCUT2D eigenvalue weighted by atomic mass is 9.96. The van der Waals surface area contributed by atoms with E-state index in [4.69, 9.17) is 9.47 Å². The molecule has 0 fully saturated rings. The summed E-state index contributed by atoms with van der Waals surface area (Å²) in [6.07, 6.45) is 0.913. The minimum atomic E-state index is -0.196. The molecule has 0 saturated heterocycles. The molecule has 102 valence electrons. The Hall–Kier alpha value is -0.970. The van der Waals surface area contributed by atoms with Gasteiger partial charge in [0.1, 0.15) is 5.82 Å². The second-order valence-corrected chi connectivity index (χ2v) is 4.20. The molecule has 3 nitrogen and oxygen atoms in total. The van der Waals surface area contributed by atoms with Gasteiger partial charge >= 0.3 is 0 Å². The van der Waals surface area contributed by atoms with Gasteiger partial charge in [0.15, 0.2) is 0 Å². The third-order valence-corrected chi connectivity index (χ3v) is 2.83. The average Bonchev–Trinajstić information content (AvgIpc) is 2.38. The van der Waals surface area contributed by atoms with E-state index in [2.05, 4.69) is 5.32 Å². The van der Waals surface area contributed by atoms with Gasteiger partial charge in [-0.1, -0.05) is 12.1 Å². The van der Waals surface area contributed by atoms with Crippen molar-refractivity contribution in [3.8, 4) is 0 Å². The first kappa shape index (κ1) is 15.1. The molecule has 18 heavy (non-hydrogen) atoms. The normalized spacial score (nSPS) is 12.6. The Labute approximate surface area is 108 Å². The molecule has 0 amide bonds. The molecule has 1 N–H and O–H groups in total. The van der Waals surface area contributed by atoms with Gasteiger partial charge in [-0.3, -0.25) is 0 Å². The van der Waals surface area contributed by atoms with Crippen molar-refractivity contribution in [3.05, 3.63) is 35.6 Å². The fraction of sp³-hybridized carbons (Fsp3) is 0.571. The highest BCUT2D eigenvalue weighted by Crippen LogP contribution is 2.19. The van der Waals surface area contributed by atoms with E-state index < -0.39 is 0 Å². The number of hydrogen-bond acceptors (Lipinski definition) is 3. The molecule has 0 bridgehead atoms. The molecule has 4 heteroatoms. The van der Waals surface area contributed by atoms with Crippen LogP contribution in [0.15, 0.2) is 24.3 Å². The van der Waals surface area contributed by atoms with Crippen molar-refractivity contribution >= 4 is 0 Å². The zero-order chi connectivity index (χ0) is 13.2. The fourth-order valence-electron chi connectivity index (χ4n) is 1.84. The number of methoxy groups -OCH3 is 1. The number of hydrogen-bond donors (Lipinski definition) is 1. The summed E-state index contributed by atoms with van der Waals surface area (Å²) in [7, 11) is 3.58. The van der Waals surface area contributed by atoms with E-state index in [0.717, 1.165) is 18.5 Å². The first-order valence-electron chi connectivity index (χ1n) is 6.24. The van der Waals surface area contributed by atoms with Crippen LogP contribution in [0.4, 0.5) is 4.39 Å². The van der Waals surface area contributed by atoms with Crippen molar-refractivity contribution in [1.82, 2.24) is 5.32 Å². The number of ether oxygens (including phenoxy) is 2. The highest BCUT2D eigenvalue weighted by molar-refractivity contribution is 5.20. The second kappa shape index (κ2) is 9.03. The molecule has 0 aliphatic rings. The zero-order valence-electron chi connectivity index (χ0n) is 11.1. The summed E-state index contributed by atoms with van der Waals surface area (Å²) in [6, 6.07) is 6.69. The Balaban J connectivity index is 2.41. The summed E-state index contributed by atoms with van der Waals surface area (Å²) in [5.74, 6) is 0.149. The largest absolute Gasteiger partial charge is 0.382 e. The molecule has 1 aromatic rings. The molecule has 1 atom stereocenters. The number of benzene rings is 1. The number of likely N-dealkylation sites (N-methyl/N-ethyl adjacent to an activating group) is 1. The monoisotopic (exact) mass is 255 g/mol. The van der Waals surface area contributed by atoms with Crippen LogP contribution < -0.4 is 5.32 Å². The SMILES string of the molecule is CNCC(CCOCCOC)c1ccc(F)cc1. The lowest BCUT2D eigenvalue weighted by Crippen LogP contribution is -2.19. The summed E-state index contributed by atoms with van der Waals surface area (Å²) in [6.45, 7) is 2.78. The van der Waals surface area contributed by atoms with Gasteiger partial charge in [-0.05, 0) is 37.1 Å². The van der Waals surface area contributed by atoms with Gasteiger partial charge in [0, 0.05) is 20.3 Å². The van der Waals surface area contributed by atoms with Crippen molar-refractivity contribution in [1.29, 1.82) is 0 Å². The Morgan fingerprint density at radius 3 is 2.50 bits per heavy atom. The molecule has 0 aliphatic heterocycles. The maximum atomic E-state index is 12.9. The Bertz CT molecular complexity index is 316. The van der Waals surface area contributed by atoms with Crippen LogP contribution in [-0.4, -0.2) is 40.5 Å². The molecule has 0 saturated carbocycles. The third-order valence-electron chi connectivity index (χ3n) is 2.83. The van der Waals surface area contributed by atoms with E-state index in [-0.39, 0.29) is 5.82 Å². The minimum absolute atomic E-state index is 0.196. The standard InChI is InChI=1S/C14H22FNO2/c1-16-11-13(7-8-18-10-9-17-2)12-3-5-14(15)6-4-12/h3-6,13,16H,7-11H2,1-2H3. The van der Waals surface area contributed by atoms with Crippen LogP contribution in [0.1, 0.15) is 17.9 Å². The highest BCUT2D eigenvalue weighted by atomic mass is 19.1. The Morgan fingerprint density at radius 2 is 1.89 bits per heavy atom. The van der Waals surface area contributed by atoms with Gasteiger partial charge in [0.25, 0.3) is 0 Å². The van der Waals surface area contributed by atoms with Gasteiger partial charge in [0.2, 0.25) is 0 Å². The summed E-state index contributed by atoms with van der Waals surface area (Å²) in [5, 5.41) is 3.16. The molecule has 1 rings (SSSR count). The predicted molar refractivity (Wildman–Crippen MR) is 70.4 cm³/mol. The number of nitrogens with one attached hydrogen (secondary N) is 1. The first-order valence-corrected chi connectivity index (χ1v) is 6.24. The van der Waals surface area contributed by atoms with E-state index in [9.17, 15) is 4.39 Å². The molecule has 1 aromatic carbocycles. The topological polar surface area (TPSA) is 30.5 Å². The molecule has 0 aromatic heterocycles. The van der Waals surface area contributed by atoms with Crippen LogP contribution in [0.25, 0.3) is 0 Å². The van der Waals surface area contributed by atoms with Crippen LogP contribution >= 0.6 is 0 Å². The van der Waals surface area contributed by atoms with Crippen LogP contribution in [-0.2, 0) is 9.47 Å². The smallest absolute Gasteiger partial charge is 0.123 e. The third kappa shape index (κ3) is 5.58. The van der Waals surface area contributed by atoms with E-state index in [1.807, 2.05) is 19.2 Å². The summed E-state index contributed by atoms with van der Waals surface area (Å²) in [5.41, 5.74) is 1.14. The molecular formula is C14H22FNO2. The second-order valence-electron chi connectivity index (χ2n) is 4.20. The Morgan fingerprint density at radius 1 is 1.17 bits per heavy atom. The number of rotatable bonds is 9. The van der Waals surface area contributed by atoms with Crippen molar-refractivity contribution in [2.24, 2.45) is 0 Å². The zero-order valence-corrected chi connectivity index (χ0v) is 11.1. The van der Waals surface area contributed by atoms with Crippen molar-refractivity contribution in [3.63, 3.8) is 0 Å². The summed E-state index contributed by atoms with van der Waals surface area (Å²) >= 11 is 0. The van der Waals surface area contributed by atoms with E-state index in [1.165, 1.54) is 12.1 Å². The van der Waals surface area contributed by atoms with Crippen molar-refractivity contribution in [2.75, 3.05) is 40.5 Å². The Kier molecular flexibility index (Phi) is 7.57. The fourth-order valence-corrected chi connectivity index (χ4v) is 1.84. The van der Waals surface area contributed by atoms with Gasteiger partial charge in [-0.15, -0.1) is 0 Å². The molecule has 0 spiro atoms. The van der Waals surface area contributed by atoms with Crippen LogP contribution in [0.2, 0.25) is 0 Å². The van der Waals surface area contributed by atoms with Crippen LogP contribution in [0, 0.1) is 5.82 Å². The maximum Gasteiger partial charge on any atom is 0.123 e. The van der Waals surface area contributed by atoms with Gasteiger partial charge in [-0.2, -0.15) is 0 Å². The van der Waals surface area contributed by atoms with Gasteiger partial charge in [-0.25, -0.2) is 4.39 Å². The molecule has 1 unspecified atom stereocenters.